The third-order valence-corrected chi connectivity index (χ3v) is 4.78. The maximum absolute atomic E-state index is 13.0. The highest BCUT2D eigenvalue weighted by Crippen LogP contribution is 2.64. The molecule has 43 heavy (non-hydrogen) atoms. The third-order valence-electron chi connectivity index (χ3n) is 4.30. The second-order valence-corrected chi connectivity index (χ2v) is 7.82. The number of rotatable bonds is 11. The Morgan fingerprint density at radius 3 is 0.791 bits per heavy atom. The second-order valence-electron chi connectivity index (χ2n) is 7.14. The lowest BCUT2D eigenvalue weighted by atomic mass is 9.89. The van der Waals surface area contributed by atoms with Crippen LogP contribution in [0.5, 0.6) is 0 Å². The molecule has 0 saturated heterocycles. The number of hydrogen-bond acceptors (Lipinski definition) is 2. The van der Waals surface area contributed by atoms with Crippen LogP contribution in [0.25, 0.3) is 0 Å². The molecule has 0 aliphatic heterocycles. The van der Waals surface area contributed by atoms with Gasteiger partial charge >= 0.3 is 71.8 Å². The van der Waals surface area contributed by atoms with E-state index in [9.17, 15) is 119 Å². The largest absolute Gasteiger partial charge is 0.460 e. The first-order valence-corrected chi connectivity index (χ1v) is 9.36. The van der Waals surface area contributed by atoms with Crippen LogP contribution in [0.2, 0.25) is 0 Å². The Morgan fingerprint density at radius 1 is 0.372 bits per heavy atom. The van der Waals surface area contributed by atoms with Gasteiger partial charge in [0, 0.05) is 0 Å². The minimum absolute atomic E-state index is 3.15. The molecular formula is C14HCl2F25O2. The van der Waals surface area contributed by atoms with E-state index >= 15 is 0 Å². The molecule has 0 unspecified atom stereocenters. The average Bonchev–Trinajstić information content (AvgIpc) is 2.77. The molecule has 0 radical (unpaired) electrons. The van der Waals surface area contributed by atoms with E-state index in [0.717, 1.165) is 0 Å². The monoisotopic (exact) mass is 746 g/mol. The summed E-state index contributed by atoms with van der Waals surface area (Å²) >= 11 is 7.61. The summed E-state index contributed by atoms with van der Waals surface area (Å²) in [4.78, 5) is 19.7. The van der Waals surface area contributed by atoms with Crippen LogP contribution >= 0.6 is 23.2 Å². The zero-order chi connectivity index (χ0) is 36.2. The van der Waals surface area contributed by atoms with E-state index in [1.54, 1.807) is 0 Å². The molecule has 0 aliphatic rings. The zero-order valence-electron chi connectivity index (χ0n) is 18.1. The van der Waals surface area contributed by atoms with Gasteiger partial charge < -0.3 is 0 Å². The molecular weight excluding hydrogens is 746 g/mol. The van der Waals surface area contributed by atoms with Crippen LogP contribution in [0, 0.1) is 0 Å². The van der Waals surface area contributed by atoms with Gasteiger partial charge in [0.15, 0.2) is 0 Å². The van der Waals surface area contributed by atoms with Crippen molar-refractivity contribution in [2.45, 2.75) is 71.8 Å². The summed E-state index contributed by atoms with van der Waals surface area (Å²) in [7, 11) is 0. The molecule has 0 rings (SSSR count). The van der Waals surface area contributed by atoms with E-state index in [2.05, 4.69) is 23.2 Å². The van der Waals surface area contributed by atoms with Crippen LogP contribution in [0.1, 0.15) is 0 Å². The predicted octanol–water partition coefficient (Wildman–Crippen LogP) is 8.68. The molecule has 0 aromatic heterocycles. The van der Waals surface area contributed by atoms with Gasteiger partial charge in [-0.2, -0.15) is 101 Å². The molecule has 0 saturated carbocycles. The van der Waals surface area contributed by atoms with Crippen molar-refractivity contribution in [3.63, 3.8) is 0 Å². The smallest absolute Gasteiger partial charge is 0.274 e. The van der Waals surface area contributed by atoms with E-state index in [1.165, 1.54) is 0 Å². The predicted molar refractivity (Wildman–Crippen MR) is 83.2 cm³/mol. The first-order chi connectivity index (χ1) is 18.1. The fraction of sp³-hybridized carbons (Fsp3) is 0.857. The number of carbonyl (C=O) groups is 2. The van der Waals surface area contributed by atoms with Crippen molar-refractivity contribution in [2.24, 2.45) is 0 Å². The maximum Gasteiger partial charge on any atom is 0.460 e. The van der Waals surface area contributed by atoms with E-state index < -0.39 is 82.3 Å². The lowest BCUT2D eigenvalue weighted by molar-refractivity contribution is -0.459. The molecule has 2 nitrogen and oxygen atoms in total. The van der Waals surface area contributed by atoms with Gasteiger partial charge in [-0.15, -0.1) is 0 Å². The Labute approximate surface area is 226 Å². The molecule has 0 aliphatic carbocycles. The van der Waals surface area contributed by atoms with E-state index in [1.807, 2.05) is 0 Å². The summed E-state index contributed by atoms with van der Waals surface area (Å²) in [6.07, 6.45) is -12.9. The van der Waals surface area contributed by atoms with Gasteiger partial charge in [-0.05, 0) is 23.2 Å². The molecule has 258 valence electrons. The topological polar surface area (TPSA) is 34.1 Å². The Hall–Kier alpha value is -1.83. The number of carbonyl (C=O) groups excluding carboxylic acids is 2. The summed E-state index contributed by atoms with van der Waals surface area (Å²) in [5.74, 6) is -77.0. The summed E-state index contributed by atoms with van der Waals surface area (Å²) < 4.78 is 310. The lowest BCUT2D eigenvalue weighted by Gasteiger charge is -2.42. The van der Waals surface area contributed by atoms with Crippen LogP contribution < -0.4 is 0 Å². The van der Waals surface area contributed by atoms with Gasteiger partial charge in [-0.1, -0.05) is 0 Å². The summed E-state index contributed by atoms with van der Waals surface area (Å²) in [6.45, 7) is 0. The minimum atomic E-state index is -8.72. The van der Waals surface area contributed by atoms with Gasteiger partial charge in [0.1, 0.15) is 0 Å². The van der Waals surface area contributed by atoms with E-state index in [0.29, 0.717) is 0 Å². The lowest BCUT2D eigenvalue weighted by Crippen LogP contribution is -2.74. The molecule has 0 amide bonds. The van der Waals surface area contributed by atoms with Crippen molar-refractivity contribution in [1.29, 1.82) is 0 Å². The minimum Gasteiger partial charge on any atom is -0.274 e. The number of halogens is 27. The highest BCUT2D eigenvalue weighted by molar-refractivity contribution is 6.65. The fourth-order valence-corrected chi connectivity index (χ4v) is 1.99. The molecule has 0 heterocycles. The van der Waals surface area contributed by atoms with Crippen LogP contribution in [-0.2, 0) is 9.59 Å². The highest BCUT2D eigenvalue weighted by Gasteiger charge is 2.95. The first-order valence-electron chi connectivity index (χ1n) is 8.61. The Balaban J connectivity index is 0. The fourth-order valence-electron chi connectivity index (χ4n) is 1.76. The molecule has 0 N–H and O–H groups in total. The summed E-state index contributed by atoms with van der Waals surface area (Å²) in [6, 6.07) is 0. The zero-order valence-corrected chi connectivity index (χ0v) is 19.6. The molecule has 29 heteroatoms. The van der Waals surface area contributed by atoms with Crippen molar-refractivity contribution in [3.05, 3.63) is 0 Å². The Morgan fingerprint density at radius 2 is 0.581 bits per heavy atom. The highest BCUT2D eigenvalue weighted by atomic mass is 35.5. The van der Waals surface area contributed by atoms with Gasteiger partial charge in [0.25, 0.3) is 10.5 Å². The SMILES string of the molecule is O=C(Cl)C(F)(F)C(F)(F)C(F)(F)C(F)(F)C(F)(F)C(F)(F)C(F)(F)C(F)(F)F.O=C(Cl)C(F)(F)C(F)(F)C(F)(F)C(F)F. The molecule has 0 spiro atoms. The van der Waals surface area contributed by atoms with Crippen molar-refractivity contribution in [2.75, 3.05) is 0 Å². The van der Waals surface area contributed by atoms with Crippen LogP contribution in [0.15, 0.2) is 0 Å². The molecule has 0 bridgehead atoms. The molecule has 0 aromatic rings. The Kier molecular flexibility index (Phi) is 11.6. The van der Waals surface area contributed by atoms with Gasteiger partial charge in [0.05, 0.1) is 0 Å². The van der Waals surface area contributed by atoms with E-state index in [-0.39, 0.29) is 0 Å². The molecule has 0 aromatic carbocycles. The number of alkyl halides is 25. The second kappa shape index (κ2) is 11.5. The van der Waals surface area contributed by atoms with Crippen molar-refractivity contribution < 1.29 is 119 Å². The maximum atomic E-state index is 13.0. The van der Waals surface area contributed by atoms with Gasteiger partial charge in [-0.3, -0.25) is 9.59 Å². The standard InChI is InChI=1S/C9ClF17O.C5HClF8O/c10-1(28)2(11,12)3(13,14)4(15,16)5(17,18)6(19,20)7(21,22)8(23,24)9(25,26)27;6-1(15)3(9,10)5(13,14)4(11,12)2(7)8/h;2H. The van der Waals surface area contributed by atoms with Crippen LogP contribution in [0.4, 0.5) is 110 Å². The summed E-state index contributed by atoms with van der Waals surface area (Å²) in [5, 5.41) is -7.06. The average molecular weight is 747 g/mol. The first kappa shape index (κ1) is 43.3. The van der Waals surface area contributed by atoms with E-state index in [4.69, 9.17) is 0 Å². The molecule has 0 atom stereocenters. The third kappa shape index (κ3) is 6.20. The number of hydrogen-bond donors (Lipinski definition) is 0. The van der Waals surface area contributed by atoms with Gasteiger partial charge in [0.2, 0.25) is 0 Å². The molecule has 0 fully saturated rings. The van der Waals surface area contributed by atoms with Crippen LogP contribution in [-0.4, -0.2) is 82.3 Å². The quantitative estimate of drug-likeness (QED) is 0.157. The van der Waals surface area contributed by atoms with Crippen LogP contribution in [0.3, 0.4) is 0 Å². The summed E-state index contributed by atoms with van der Waals surface area (Å²) in [5.41, 5.74) is 0. The Bertz CT molecular complexity index is 1030. The van der Waals surface area contributed by atoms with Crippen molar-refractivity contribution in [1.82, 2.24) is 0 Å². The normalized spacial score (nSPS) is 15.7. The van der Waals surface area contributed by atoms with Gasteiger partial charge in [-0.25, -0.2) is 8.78 Å². The van der Waals surface area contributed by atoms with Crippen molar-refractivity contribution in [3.8, 4) is 0 Å². The van der Waals surface area contributed by atoms with Crippen molar-refractivity contribution >= 4 is 33.7 Å².